The Labute approximate surface area is 114 Å². The summed E-state index contributed by atoms with van der Waals surface area (Å²) in [4.78, 5) is 13.2. The first-order valence-corrected chi connectivity index (χ1v) is 6.92. The maximum Gasteiger partial charge on any atom is 0.146 e. The molecule has 0 aliphatic carbocycles. The lowest BCUT2D eigenvalue weighted by atomic mass is 10.2. The van der Waals surface area contributed by atoms with E-state index in [-0.39, 0.29) is 0 Å². The number of hydrogen-bond acceptors (Lipinski definition) is 4. The van der Waals surface area contributed by atoms with Gasteiger partial charge in [0.05, 0.1) is 0 Å². The minimum absolute atomic E-state index is 0.856. The van der Waals surface area contributed by atoms with Crippen LogP contribution in [0.15, 0.2) is 18.7 Å². The van der Waals surface area contributed by atoms with Crippen molar-refractivity contribution in [2.75, 3.05) is 11.9 Å². The molecule has 0 amide bonds. The molecule has 2 heterocycles. The van der Waals surface area contributed by atoms with Gasteiger partial charge in [-0.15, -0.1) is 0 Å². The van der Waals surface area contributed by atoms with Crippen LogP contribution in [0.5, 0.6) is 0 Å². The van der Waals surface area contributed by atoms with Crippen LogP contribution in [0.4, 0.5) is 5.82 Å². The second-order valence-electron chi connectivity index (χ2n) is 4.37. The van der Waals surface area contributed by atoms with Crippen molar-refractivity contribution in [3.8, 4) is 5.82 Å². The van der Waals surface area contributed by atoms with E-state index in [0.717, 1.165) is 48.8 Å². The molecule has 1 N–H and O–H groups in total. The van der Waals surface area contributed by atoms with Gasteiger partial charge in [0.2, 0.25) is 0 Å². The average Bonchev–Trinajstić information content (AvgIpc) is 2.87. The smallest absolute Gasteiger partial charge is 0.146 e. The van der Waals surface area contributed by atoms with Crippen molar-refractivity contribution in [2.45, 2.75) is 40.0 Å². The first-order chi connectivity index (χ1) is 9.31. The maximum absolute atomic E-state index is 4.45. The van der Waals surface area contributed by atoms with Gasteiger partial charge in [-0.2, -0.15) is 0 Å². The number of hydrogen-bond donors (Lipinski definition) is 1. The van der Waals surface area contributed by atoms with Crippen LogP contribution in [0.1, 0.15) is 38.6 Å². The second-order valence-corrected chi connectivity index (χ2v) is 4.37. The largest absolute Gasteiger partial charge is 0.370 e. The molecule has 5 nitrogen and oxygen atoms in total. The summed E-state index contributed by atoms with van der Waals surface area (Å²) in [5.74, 6) is 2.92. The van der Waals surface area contributed by atoms with E-state index in [4.69, 9.17) is 0 Å². The van der Waals surface area contributed by atoms with Crippen molar-refractivity contribution in [1.29, 1.82) is 0 Å². The summed E-state index contributed by atoms with van der Waals surface area (Å²) < 4.78 is 2.07. The molecule has 0 unspecified atom stereocenters. The molecule has 5 heteroatoms. The molecule has 2 rings (SSSR count). The molecule has 0 radical (unpaired) electrons. The van der Waals surface area contributed by atoms with E-state index in [9.17, 15) is 0 Å². The first-order valence-electron chi connectivity index (χ1n) is 6.92. The van der Waals surface area contributed by atoms with Crippen LogP contribution in [0, 0.1) is 0 Å². The standard InChI is InChI=1S/C14H21N5/c1-4-7-12-16-8-9-19(12)14-11(5-2)13(15-6-3)17-10-18-14/h8-10H,4-7H2,1-3H3,(H,15,17,18). The molecule has 0 spiro atoms. The van der Waals surface area contributed by atoms with Crippen molar-refractivity contribution in [1.82, 2.24) is 19.5 Å². The van der Waals surface area contributed by atoms with Gasteiger partial charge in [0.15, 0.2) is 0 Å². The van der Waals surface area contributed by atoms with Gasteiger partial charge in [0.25, 0.3) is 0 Å². The normalized spacial score (nSPS) is 10.7. The van der Waals surface area contributed by atoms with Gasteiger partial charge in [-0.3, -0.25) is 4.57 Å². The summed E-state index contributed by atoms with van der Waals surface area (Å²) in [6.45, 7) is 7.21. The zero-order valence-corrected chi connectivity index (χ0v) is 11.8. The van der Waals surface area contributed by atoms with Gasteiger partial charge >= 0.3 is 0 Å². The molecule has 102 valence electrons. The fourth-order valence-corrected chi connectivity index (χ4v) is 2.19. The summed E-state index contributed by atoms with van der Waals surface area (Å²) in [5.41, 5.74) is 1.14. The van der Waals surface area contributed by atoms with Crippen LogP contribution in [0.2, 0.25) is 0 Å². The van der Waals surface area contributed by atoms with E-state index in [1.165, 1.54) is 0 Å². The number of anilines is 1. The molecule has 2 aromatic rings. The fourth-order valence-electron chi connectivity index (χ4n) is 2.19. The third-order valence-corrected chi connectivity index (χ3v) is 3.04. The lowest BCUT2D eigenvalue weighted by molar-refractivity contribution is 0.788. The van der Waals surface area contributed by atoms with E-state index >= 15 is 0 Å². The Morgan fingerprint density at radius 1 is 1.16 bits per heavy atom. The highest BCUT2D eigenvalue weighted by Crippen LogP contribution is 2.21. The molecule has 0 aliphatic rings. The Morgan fingerprint density at radius 2 is 2.00 bits per heavy atom. The minimum Gasteiger partial charge on any atom is -0.370 e. The molecular weight excluding hydrogens is 238 g/mol. The first kappa shape index (κ1) is 13.5. The van der Waals surface area contributed by atoms with Crippen LogP contribution in [0.3, 0.4) is 0 Å². The minimum atomic E-state index is 0.856. The molecule has 2 aromatic heterocycles. The number of rotatable bonds is 6. The topological polar surface area (TPSA) is 55.6 Å². The van der Waals surface area contributed by atoms with Gasteiger partial charge in [-0.05, 0) is 19.8 Å². The van der Waals surface area contributed by atoms with Crippen molar-refractivity contribution in [3.05, 3.63) is 30.1 Å². The summed E-state index contributed by atoms with van der Waals surface area (Å²) in [5, 5.41) is 3.30. The van der Waals surface area contributed by atoms with Crippen LogP contribution in [-0.2, 0) is 12.8 Å². The van der Waals surface area contributed by atoms with Crippen molar-refractivity contribution in [2.24, 2.45) is 0 Å². The molecule has 0 bridgehead atoms. The predicted molar refractivity (Wildman–Crippen MR) is 76.7 cm³/mol. The van der Waals surface area contributed by atoms with E-state index in [1.807, 2.05) is 12.4 Å². The third kappa shape index (κ3) is 2.75. The Morgan fingerprint density at radius 3 is 2.68 bits per heavy atom. The van der Waals surface area contributed by atoms with Crippen molar-refractivity contribution >= 4 is 5.82 Å². The number of nitrogens with one attached hydrogen (secondary N) is 1. The van der Waals surface area contributed by atoms with E-state index in [0.29, 0.717) is 0 Å². The summed E-state index contributed by atoms with van der Waals surface area (Å²) in [7, 11) is 0. The quantitative estimate of drug-likeness (QED) is 0.866. The van der Waals surface area contributed by atoms with Crippen LogP contribution in [0.25, 0.3) is 5.82 Å². The van der Waals surface area contributed by atoms with Crippen molar-refractivity contribution in [3.63, 3.8) is 0 Å². The SMILES string of the molecule is CCCc1nccn1-c1ncnc(NCC)c1CC. The number of aromatic nitrogens is 4. The highest BCUT2D eigenvalue weighted by atomic mass is 15.1. The summed E-state index contributed by atoms with van der Waals surface area (Å²) in [6.07, 6.45) is 8.34. The third-order valence-electron chi connectivity index (χ3n) is 3.04. The van der Waals surface area contributed by atoms with Gasteiger partial charge in [-0.25, -0.2) is 15.0 Å². The van der Waals surface area contributed by atoms with Crippen molar-refractivity contribution < 1.29 is 0 Å². The fraction of sp³-hybridized carbons (Fsp3) is 0.500. The predicted octanol–water partition coefficient (Wildman–Crippen LogP) is 2.61. The van der Waals surface area contributed by atoms with E-state index in [2.05, 4.69) is 45.6 Å². The van der Waals surface area contributed by atoms with Gasteiger partial charge in [-0.1, -0.05) is 13.8 Å². The molecule has 0 saturated carbocycles. The Bertz CT molecular complexity index is 532. The van der Waals surface area contributed by atoms with Gasteiger partial charge in [0, 0.05) is 30.9 Å². The number of aryl methyl sites for hydroxylation is 1. The monoisotopic (exact) mass is 259 g/mol. The highest BCUT2D eigenvalue weighted by molar-refractivity contribution is 5.52. The maximum atomic E-state index is 4.45. The molecule has 0 saturated heterocycles. The van der Waals surface area contributed by atoms with Gasteiger partial charge in [0.1, 0.15) is 23.8 Å². The van der Waals surface area contributed by atoms with Crippen LogP contribution < -0.4 is 5.32 Å². The lowest BCUT2D eigenvalue weighted by Gasteiger charge is -2.14. The molecule has 19 heavy (non-hydrogen) atoms. The second kappa shape index (κ2) is 6.31. The Balaban J connectivity index is 2.48. The summed E-state index contributed by atoms with van der Waals surface area (Å²) >= 11 is 0. The van der Waals surface area contributed by atoms with Crippen LogP contribution in [-0.4, -0.2) is 26.1 Å². The summed E-state index contributed by atoms with van der Waals surface area (Å²) in [6, 6.07) is 0. The molecular formula is C14H21N5. The average molecular weight is 259 g/mol. The number of imidazole rings is 1. The Kier molecular flexibility index (Phi) is 4.49. The Hall–Kier alpha value is -1.91. The van der Waals surface area contributed by atoms with Crippen LogP contribution >= 0.6 is 0 Å². The zero-order chi connectivity index (χ0) is 13.7. The molecule has 0 atom stereocenters. The molecule has 0 fully saturated rings. The zero-order valence-electron chi connectivity index (χ0n) is 11.8. The van der Waals surface area contributed by atoms with Gasteiger partial charge < -0.3 is 5.32 Å². The molecule has 0 aliphatic heterocycles. The lowest BCUT2D eigenvalue weighted by Crippen LogP contribution is -2.11. The van der Waals surface area contributed by atoms with E-state index < -0.39 is 0 Å². The number of nitrogens with zero attached hydrogens (tertiary/aromatic N) is 4. The van der Waals surface area contributed by atoms with E-state index in [1.54, 1.807) is 6.33 Å². The molecule has 0 aromatic carbocycles. The highest BCUT2D eigenvalue weighted by Gasteiger charge is 2.13.